The summed E-state index contributed by atoms with van der Waals surface area (Å²) in [5, 5.41) is 7.26. The second-order valence-electron chi connectivity index (χ2n) is 6.96. The number of amides is 1. The molecule has 4 heteroatoms. The Morgan fingerprint density at radius 1 is 1.00 bits per heavy atom. The van der Waals surface area contributed by atoms with Gasteiger partial charge in [-0.3, -0.25) is 4.79 Å². The zero-order valence-corrected chi connectivity index (χ0v) is 16.1. The first-order valence-electron chi connectivity index (χ1n) is 8.67. The molecule has 1 aromatic carbocycles. The van der Waals surface area contributed by atoms with Crippen LogP contribution in [0.2, 0.25) is 0 Å². The maximum atomic E-state index is 12.3. The van der Waals surface area contributed by atoms with Crippen LogP contribution < -0.4 is 10.6 Å². The van der Waals surface area contributed by atoms with E-state index in [4.69, 9.17) is 0 Å². The number of quaternary nitrogens is 1. The fourth-order valence-electron chi connectivity index (χ4n) is 2.72. The predicted octanol–water partition coefficient (Wildman–Crippen LogP) is 3.44. The molecule has 0 fully saturated rings. The average Bonchev–Trinajstić information content (AvgIpc) is 3.06. The van der Waals surface area contributed by atoms with Gasteiger partial charge in [-0.15, -0.1) is 11.3 Å². The van der Waals surface area contributed by atoms with Crippen LogP contribution in [-0.2, 0) is 4.79 Å². The topological polar surface area (TPSA) is 45.7 Å². The molecule has 0 saturated heterocycles. The van der Waals surface area contributed by atoms with Gasteiger partial charge in [0.05, 0.1) is 4.88 Å². The summed E-state index contributed by atoms with van der Waals surface area (Å²) < 4.78 is 0. The standard InChI is InChI=1S/C20H28N2OS/c1-13(2)16-8-10-17(11-9-16)19(18-7-6-12-24-18)22-15(5)20(23)21-14(3)4/h6-15,19,22H,1-5H3,(H,21,23)/p+1/t15-,19+/m0/s1. The lowest BCUT2D eigenvalue weighted by Gasteiger charge is -2.20. The third kappa shape index (κ3) is 4.92. The number of hydrogen-bond donors (Lipinski definition) is 2. The molecule has 1 heterocycles. The molecule has 3 nitrogen and oxygen atoms in total. The van der Waals surface area contributed by atoms with Gasteiger partial charge in [-0.2, -0.15) is 0 Å². The van der Waals surface area contributed by atoms with Gasteiger partial charge < -0.3 is 10.6 Å². The average molecular weight is 346 g/mol. The Labute approximate surface area is 149 Å². The van der Waals surface area contributed by atoms with E-state index in [0.717, 1.165) is 0 Å². The van der Waals surface area contributed by atoms with Gasteiger partial charge in [0.25, 0.3) is 5.91 Å². The summed E-state index contributed by atoms with van der Waals surface area (Å²) in [4.78, 5) is 13.6. The van der Waals surface area contributed by atoms with E-state index in [9.17, 15) is 4.79 Å². The van der Waals surface area contributed by atoms with E-state index in [2.05, 4.69) is 66.3 Å². The molecule has 0 aliphatic rings. The van der Waals surface area contributed by atoms with Gasteiger partial charge in [0.1, 0.15) is 6.04 Å². The lowest BCUT2D eigenvalue weighted by Crippen LogP contribution is -2.92. The van der Waals surface area contributed by atoms with Gasteiger partial charge >= 0.3 is 0 Å². The molecule has 0 unspecified atom stereocenters. The predicted molar refractivity (Wildman–Crippen MR) is 101 cm³/mol. The van der Waals surface area contributed by atoms with E-state index < -0.39 is 0 Å². The molecule has 130 valence electrons. The molecule has 24 heavy (non-hydrogen) atoms. The minimum atomic E-state index is -0.135. The number of rotatable bonds is 7. The summed E-state index contributed by atoms with van der Waals surface area (Å²) in [7, 11) is 0. The Bertz CT molecular complexity index is 632. The molecule has 1 amide bonds. The van der Waals surface area contributed by atoms with Crippen molar-refractivity contribution < 1.29 is 10.1 Å². The number of carbonyl (C=O) groups is 1. The van der Waals surface area contributed by atoms with Crippen LogP contribution in [0.1, 0.15) is 62.6 Å². The highest BCUT2D eigenvalue weighted by Gasteiger charge is 2.25. The number of nitrogens with two attached hydrogens (primary N) is 1. The SMILES string of the molecule is CC(C)NC(=O)[C@H](C)[NH2+][C@H](c1ccc(C(C)C)cc1)c1cccs1. The molecule has 1 aromatic heterocycles. The summed E-state index contributed by atoms with van der Waals surface area (Å²) in [6.45, 7) is 10.4. The smallest absolute Gasteiger partial charge is 0.278 e. The monoisotopic (exact) mass is 345 g/mol. The van der Waals surface area contributed by atoms with Crippen LogP contribution >= 0.6 is 11.3 Å². The number of benzene rings is 1. The van der Waals surface area contributed by atoms with Crippen molar-refractivity contribution in [1.29, 1.82) is 0 Å². The summed E-state index contributed by atoms with van der Waals surface area (Å²) >= 11 is 1.74. The highest BCUT2D eigenvalue weighted by atomic mass is 32.1. The van der Waals surface area contributed by atoms with Crippen LogP contribution in [0.4, 0.5) is 0 Å². The Kier molecular flexibility index (Phi) is 6.58. The fourth-order valence-corrected chi connectivity index (χ4v) is 3.55. The second kappa shape index (κ2) is 8.45. The van der Waals surface area contributed by atoms with Crippen LogP contribution in [-0.4, -0.2) is 18.0 Å². The van der Waals surface area contributed by atoms with Gasteiger partial charge in [-0.25, -0.2) is 0 Å². The maximum absolute atomic E-state index is 12.3. The highest BCUT2D eigenvalue weighted by molar-refractivity contribution is 7.10. The lowest BCUT2D eigenvalue weighted by molar-refractivity contribution is -0.704. The quantitative estimate of drug-likeness (QED) is 0.793. The van der Waals surface area contributed by atoms with Crippen LogP contribution in [0.25, 0.3) is 0 Å². The van der Waals surface area contributed by atoms with Crippen molar-refractivity contribution in [3.63, 3.8) is 0 Å². The van der Waals surface area contributed by atoms with Gasteiger partial charge in [-0.1, -0.05) is 44.2 Å². The Balaban J connectivity index is 2.21. The van der Waals surface area contributed by atoms with E-state index >= 15 is 0 Å². The summed E-state index contributed by atoms with van der Waals surface area (Å²) in [6.07, 6.45) is 0. The first-order chi connectivity index (χ1) is 11.4. The first-order valence-corrected chi connectivity index (χ1v) is 9.55. The molecule has 0 radical (unpaired) electrons. The number of thiophene rings is 1. The van der Waals surface area contributed by atoms with Crippen molar-refractivity contribution in [1.82, 2.24) is 5.32 Å². The molecule has 0 bridgehead atoms. The Morgan fingerprint density at radius 3 is 2.12 bits per heavy atom. The van der Waals surface area contributed by atoms with Crippen molar-refractivity contribution in [2.45, 2.75) is 58.7 Å². The lowest BCUT2D eigenvalue weighted by atomic mass is 9.98. The van der Waals surface area contributed by atoms with Crippen molar-refractivity contribution in [3.05, 3.63) is 57.8 Å². The summed E-state index contributed by atoms with van der Waals surface area (Å²) in [6, 6.07) is 13.2. The fraction of sp³-hybridized carbons (Fsp3) is 0.450. The third-order valence-electron chi connectivity index (χ3n) is 4.14. The molecule has 2 aromatic rings. The molecule has 2 atom stereocenters. The zero-order valence-electron chi connectivity index (χ0n) is 15.2. The van der Waals surface area contributed by atoms with Crippen molar-refractivity contribution >= 4 is 17.2 Å². The highest BCUT2D eigenvalue weighted by Crippen LogP contribution is 2.24. The zero-order chi connectivity index (χ0) is 17.7. The number of nitrogens with one attached hydrogen (secondary N) is 1. The number of carbonyl (C=O) groups excluding carboxylic acids is 1. The third-order valence-corrected chi connectivity index (χ3v) is 5.09. The van der Waals surface area contributed by atoms with Crippen LogP contribution in [0.5, 0.6) is 0 Å². The van der Waals surface area contributed by atoms with E-state index in [1.165, 1.54) is 16.0 Å². The normalized spacial score (nSPS) is 14.0. The molecule has 3 N–H and O–H groups in total. The first kappa shape index (κ1) is 18.7. The largest absolute Gasteiger partial charge is 0.349 e. The Hall–Kier alpha value is -1.65. The molecule has 0 spiro atoms. The summed E-state index contributed by atoms with van der Waals surface area (Å²) in [5.41, 5.74) is 2.58. The van der Waals surface area contributed by atoms with Crippen LogP contribution in [0, 0.1) is 0 Å². The number of hydrogen-bond acceptors (Lipinski definition) is 2. The van der Waals surface area contributed by atoms with E-state index in [0.29, 0.717) is 5.92 Å². The maximum Gasteiger partial charge on any atom is 0.278 e. The van der Waals surface area contributed by atoms with Gasteiger partial charge in [0.2, 0.25) is 0 Å². The van der Waals surface area contributed by atoms with Gasteiger partial charge in [0, 0.05) is 11.6 Å². The van der Waals surface area contributed by atoms with Crippen molar-refractivity contribution in [2.24, 2.45) is 0 Å². The van der Waals surface area contributed by atoms with Gasteiger partial charge in [-0.05, 0) is 43.7 Å². The molecule has 2 rings (SSSR count). The molecule has 0 aliphatic heterocycles. The molecular formula is C20H29N2OS+. The minimum Gasteiger partial charge on any atom is -0.349 e. The Morgan fingerprint density at radius 2 is 1.62 bits per heavy atom. The van der Waals surface area contributed by atoms with E-state index in [-0.39, 0.29) is 24.0 Å². The van der Waals surface area contributed by atoms with E-state index in [1.807, 2.05) is 20.8 Å². The second-order valence-corrected chi connectivity index (χ2v) is 7.94. The minimum absolute atomic E-state index is 0.0883. The van der Waals surface area contributed by atoms with Crippen LogP contribution in [0.3, 0.4) is 0 Å². The molecule has 0 saturated carbocycles. The van der Waals surface area contributed by atoms with E-state index in [1.54, 1.807) is 11.3 Å². The van der Waals surface area contributed by atoms with Crippen molar-refractivity contribution in [2.75, 3.05) is 0 Å². The van der Waals surface area contributed by atoms with Gasteiger partial charge in [0.15, 0.2) is 6.04 Å². The molecule has 0 aliphatic carbocycles. The molecular weight excluding hydrogens is 316 g/mol. The summed E-state index contributed by atoms with van der Waals surface area (Å²) in [5.74, 6) is 0.615. The van der Waals surface area contributed by atoms with Crippen molar-refractivity contribution in [3.8, 4) is 0 Å². The van der Waals surface area contributed by atoms with Crippen LogP contribution in [0.15, 0.2) is 41.8 Å².